The Morgan fingerprint density at radius 1 is 1.35 bits per heavy atom. The molecular weight excluding hydrogens is 250 g/mol. The summed E-state index contributed by atoms with van der Waals surface area (Å²) in [5.74, 6) is 0.984. The fourth-order valence-corrected chi connectivity index (χ4v) is 2.81. The zero-order valence-corrected chi connectivity index (χ0v) is 13.8. The molecule has 1 aliphatic rings. The fraction of sp³-hybridized carbons (Fsp3) is 0.938. The summed E-state index contributed by atoms with van der Waals surface area (Å²) in [5, 5.41) is 0. The summed E-state index contributed by atoms with van der Waals surface area (Å²) in [6, 6.07) is 0.638. The van der Waals surface area contributed by atoms with Crippen LogP contribution in [0.1, 0.15) is 52.9 Å². The van der Waals surface area contributed by atoms with Gasteiger partial charge in [0.15, 0.2) is 0 Å². The molecule has 1 rings (SSSR count). The van der Waals surface area contributed by atoms with E-state index in [1.54, 1.807) is 0 Å². The third-order valence-electron chi connectivity index (χ3n) is 4.49. The number of carbonyl (C=O) groups excluding carboxylic acids is 1. The maximum atomic E-state index is 12.2. The van der Waals surface area contributed by atoms with Crippen molar-refractivity contribution in [2.75, 3.05) is 26.7 Å². The number of hydrogen-bond acceptors (Lipinski definition) is 3. The zero-order chi connectivity index (χ0) is 15.1. The molecule has 1 heterocycles. The molecule has 0 aromatic heterocycles. The Morgan fingerprint density at radius 3 is 2.45 bits per heavy atom. The van der Waals surface area contributed by atoms with E-state index in [1.807, 2.05) is 4.90 Å². The van der Waals surface area contributed by atoms with Gasteiger partial charge in [0.05, 0.1) is 0 Å². The van der Waals surface area contributed by atoms with E-state index in [-0.39, 0.29) is 11.9 Å². The van der Waals surface area contributed by atoms with E-state index < -0.39 is 0 Å². The van der Waals surface area contributed by atoms with Gasteiger partial charge in [0.1, 0.15) is 0 Å². The summed E-state index contributed by atoms with van der Waals surface area (Å²) in [4.78, 5) is 16.6. The molecule has 1 saturated heterocycles. The zero-order valence-electron chi connectivity index (χ0n) is 13.8. The number of hydrogen-bond donors (Lipinski definition) is 1. The van der Waals surface area contributed by atoms with Gasteiger partial charge in [-0.25, -0.2) is 0 Å². The van der Waals surface area contributed by atoms with Crippen LogP contribution in [0.25, 0.3) is 0 Å². The number of piperidine rings is 1. The van der Waals surface area contributed by atoms with Gasteiger partial charge in [-0.1, -0.05) is 13.3 Å². The van der Waals surface area contributed by atoms with Crippen LogP contribution in [0.3, 0.4) is 0 Å². The van der Waals surface area contributed by atoms with E-state index in [1.165, 1.54) is 0 Å². The van der Waals surface area contributed by atoms with E-state index in [0.29, 0.717) is 12.5 Å². The lowest BCUT2D eigenvalue weighted by molar-refractivity contribution is -0.133. The van der Waals surface area contributed by atoms with Crippen molar-refractivity contribution in [2.24, 2.45) is 11.7 Å². The molecule has 2 N–H and O–H groups in total. The summed E-state index contributed by atoms with van der Waals surface area (Å²) >= 11 is 0. The molecule has 1 atom stereocenters. The molecule has 118 valence electrons. The van der Waals surface area contributed by atoms with E-state index in [9.17, 15) is 4.79 Å². The Bertz CT molecular complexity index is 285. The van der Waals surface area contributed by atoms with Gasteiger partial charge >= 0.3 is 0 Å². The van der Waals surface area contributed by atoms with Crippen molar-refractivity contribution in [2.45, 2.75) is 65.0 Å². The molecule has 4 heteroatoms. The van der Waals surface area contributed by atoms with Crippen molar-refractivity contribution in [3.8, 4) is 0 Å². The third kappa shape index (κ3) is 5.80. The minimum atomic E-state index is 0.0392. The van der Waals surface area contributed by atoms with E-state index in [0.717, 1.165) is 51.2 Å². The molecule has 0 aromatic carbocycles. The molecule has 0 radical (unpaired) electrons. The van der Waals surface area contributed by atoms with Crippen LogP contribution in [-0.4, -0.2) is 54.5 Å². The topological polar surface area (TPSA) is 49.6 Å². The monoisotopic (exact) mass is 283 g/mol. The van der Waals surface area contributed by atoms with Gasteiger partial charge < -0.3 is 15.5 Å². The predicted octanol–water partition coefficient (Wildman–Crippen LogP) is 2.08. The summed E-state index contributed by atoms with van der Waals surface area (Å²) in [6.45, 7) is 9.54. The van der Waals surface area contributed by atoms with Crippen LogP contribution in [0.4, 0.5) is 0 Å². The van der Waals surface area contributed by atoms with Crippen molar-refractivity contribution in [1.29, 1.82) is 0 Å². The van der Waals surface area contributed by atoms with Crippen LogP contribution in [0, 0.1) is 5.92 Å². The predicted molar refractivity (Wildman–Crippen MR) is 84.6 cm³/mol. The molecular formula is C16H33N3O. The number of amides is 1. The first-order chi connectivity index (χ1) is 9.43. The average molecular weight is 283 g/mol. The molecule has 1 fully saturated rings. The Morgan fingerprint density at radius 2 is 1.95 bits per heavy atom. The molecule has 0 aliphatic carbocycles. The summed E-state index contributed by atoms with van der Waals surface area (Å²) in [5.41, 5.74) is 5.96. The van der Waals surface area contributed by atoms with Crippen molar-refractivity contribution in [3.63, 3.8) is 0 Å². The van der Waals surface area contributed by atoms with Crippen LogP contribution < -0.4 is 5.73 Å². The number of rotatable bonds is 7. The van der Waals surface area contributed by atoms with E-state index in [2.05, 4.69) is 32.7 Å². The average Bonchev–Trinajstić information content (AvgIpc) is 2.39. The van der Waals surface area contributed by atoms with Gasteiger partial charge in [0.25, 0.3) is 0 Å². The minimum absolute atomic E-state index is 0.0392. The highest BCUT2D eigenvalue weighted by Gasteiger charge is 2.24. The minimum Gasteiger partial charge on any atom is -0.343 e. The van der Waals surface area contributed by atoms with Crippen molar-refractivity contribution >= 4 is 5.91 Å². The molecule has 1 unspecified atom stereocenters. The van der Waals surface area contributed by atoms with Crippen LogP contribution in [-0.2, 0) is 4.79 Å². The summed E-state index contributed by atoms with van der Waals surface area (Å²) in [6.07, 6.45) is 4.78. The van der Waals surface area contributed by atoms with Gasteiger partial charge in [-0.05, 0) is 46.1 Å². The first kappa shape index (κ1) is 17.4. The largest absolute Gasteiger partial charge is 0.343 e. The standard InChI is InChI=1S/C16H33N3O/c1-5-6-15(17)11-16(20)19-9-7-14(8-10-19)12-18(4)13(2)3/h13-15H,5-12,17H2,1-4H3. The molecule has 1 aliphatic heterocycles. The molecule has 20 heavy (non-hydrogen) atoms. The number of likely N-dealkylation sites (tertiary alicyclic amines) is 1. The molecule has 0 saturated carbocycles. The SMILES string of the molecule is CCCC(N)CC(=O)N1CCC(CN(C)C(C)C)CC1. The Hall–Kier alpha value is -0.610. The maximum absolute atomic E-state index is 12.2. The maximum Gasteiger partial charge on any atom is 0.224 e. The molecule has 1 amide bonds. The Labute approximate surface area is 124 Å². The third-order valence-corrected chi connectivity index (χ3v) is 4.49. The summed E-state index contributed by atoms with van der Waals surface area (Å²) in [7, 11) is 2.19. The number of nitrogens with zero attached hydrogens (tertiary/aromatic N) is 2. The van der Waals surface area contributed by atoms with Gasteiger partial charge in [-0.2, -0.15) is 0 Å². The quantitative estimate of drug-likeness (QED) is 0.778. The fourth-order valence-electron chi connectivity index (χ4n) is 2.81. The normalized spacial score (nSPS) is 18.9. The van der Waals surface area contributed by atoms with Crippen LogP contribution >= 0.6 is 0 Å². The molecule has 4 nitrogen and oxygen atoms in total. The van der Waals surface area contributed by atoms with Crippen molar-refractivity contribution in [3.05, 3.63) is 0 Å². The Balaban J connectivity index is 2.29. The van der Waals surface area contributed by atoms with Crippen LogP contribution in [0.15, 0.2) is 0 Å². The molecule has 0 spiro atoms. The second kappa shape index (κ2) is 8.63. The van der Waals surface area contributed by atoms with Crippen LogP contribution in [0.2, 0.25) is 0 Å². The van der Waals surface area contributed by atoms with Gasteiger partial charge in [-0.15, -0.1) is 0 Å². The lowest BCUT2D eigenvalue weighted by Crippen LogP contribution is -2.43. The summed E-state index contributed by atoms with van der Waals surface area (Å²) < 4.78 is 0. The first-order valence-corrected chi connectivity index (χ1v) is 8.17. The second-order valence-electron chi connectivity index (χ2n) is 6.61. The van der Waals surface area contributed by atoms with Crippen LogP contribution in [0.5, 0.6) is 0 Å². The number of nitrogens with two attached hydrogens (primary N) is 1. The first-order valence-electron chi connectivity index (χ1n) is 8.17. The van der Waals surface area contributed by atoms with E-state index in [4.69, 9.17) is 5.73 Å². The molecule has 0 aromatic rings. The highest BCUT2D eigenvalue weighted by Crippen LogP contribution is 2.19. The highest BCUT2D eigenvalue weighted by atomic mass is 16.2. The second-order valence-corrected chi connectivity index (χ2v) is 6.61. The van der Waals surface area contributed by atoms with Crippen molar-refractivity contribution < 1.29 is 4.79 Å². The van der Waals surface area contributed by atoms with Gasteiger partial charge in [-0.3, -0.25) is 4.79 Å². The molecule has 0 bridgehead atoms. The van der Waals surface area contributed by atoms with E-state index >= 15 is 0 Å². The van der Waals surface area contributed by atoms with Crippen molar-refractivity contribution in [1.82, 2.24) is 9.80 Å². The van der Waals surface area contributed by atoms with Gasteiger partial charge in [0.2, 0.25) is 5.91 Å². The van der Waals surface area contributed by atoms with Gasteiger partial charge in [0, 0.05) is 38.1 Å². The Kier molecular flexibility index (Phi) is 7.52. The number of carbonyl (C=O) groups is 1. The lowest BCUT2D eigenvalue weighted by atomic mass is 9.95. The smallest absolute Gasteiger partial charge is 0.224 e. The lowest BCUT2D eigenvalue weighted by Gasteiger charge is -2.35. The highest BCUT2D eigenvalue weighted by molar-refractivity contribution is 5.76.